The molecule has 5 rings (SSSR count). The van der Waals surface area contributed by atoms with Gasteiger partial charge in [0.2, 0.25) is 0 Å². The normalized spacial score (nSPS) is 20.1. The molecule has 3 aromatic rings. The third kappa shape index (κ3) is 3.06. The summed E-state index contributed by atoms with van der Waals surface area (Å²) in [5.41, 5.74) is 8.96. The minimum Gasteiger partial charge on any atom is -0.504 e. The number of aromatic hydroxyl groups is 1. The number of nitrogens with two attached hydrogens (primary N) is 1. The minimum absolute atomic E-state index is 0.0714. The van der Waals surface area contributed by atoms with Crippen LogP contribution in [0.5, 0.6) is 11.5 Å². The van der Waals surface area contributed by atoms with E-state index in [2.05, 4.69) is 20.1 Å². The van der Waals surface area contributed by atoms with Gasteiger partial charge in [0, 0.05) is 43.5 Å². The molecule has 3 N–H and O–H groups in total. The Morgan fingerprint density at radius 2 is 2.24 bits per heavy atom. The van der Waals surface area contributed by atoms with Crippen LogP contribution in [0.1, 0.15) is 23.3 Å². The van der Waals surface area contributed by atoms with E-state index in [4.69, 9.17) is 14.9 Å². The highest BCUT2D eigenvalue weighted by Crippen LogP contribution is 2.41. The van der Waals surface area contributed by atoms with Gasteiger partial charge in [-0.15, -0.1) is 10.2 Å². The summed E-state index contributed by atoms with van der Waals surface area (Å²) in [6.07, 6.45) is 4.33. The topological polar surface area (TPSA) is 109 Å². The number of fused-ring (bicyclic) bond motifs is 2. The van der Waals surface area contributed by atoms with Gasteiger partial charge in [0.1, 0.15) is 17.0 Å². The monoisotopic (exact) mass is 391 g/mol. The van der Waals surface area contributed by atoms with Crippen LogP contribution in [0.15, 0.2) is 45.1 Å². The molecule has 2 aromatic heterocycles. The molecule has 0 aliphatic carbocycles. The Hall–Kier alpha value is -3.23. The lowest BCUT2D eigenvalue weighted by Crippen LogP contribution is -2.26. The summed E-state index contributed by atoms with van der Waals surface area (Å²) in [4.78, 5) is 6.46. The molecule has 1 fully saturated rings. The number of benzene rings is 1. The predicted octanol–water partition coefficient (Wildman–Crippen LogP) is 3.67. The summed E-state index contributed by atoms with van der Waals surface area (Å²) < 4.78 is 11.7. The lowest BCUT2D eigenvalue weighted by Gasteiger charge is -2.17. The highest BCUT2D eigenvalue weighted by Gasteiger charge is 2.25. The van der Waals surface area contributed by atoms with Crippen molar-refractivity contribution in [2.45, 2.75) is 19.0 Å². The third-order valence-electron chi connectivity index (χ3n) is 5.41. The second-order valence-electron chi connectivity index (χ2n) is 7.33. The van der Waals surface area contributed by atoms with Crippen LogP contribution in [0.3, 0.4) is 0 Å². The van der Waals surface area contributed by atoms with Gasteiger partial charge in [-0.3, -0.25) is 4.90 Å². The highest BCUT2D eigenvalue weighted by atomic mass is 16.5. The zero-order valence-corrected chi connectivity index (χ0v) is 16.0. The van der Waals surface area contributed by atoms with Crippen molar-refractivity contribution in [2.75, 3.05) is 20.2 Å². The quantitative estimate of drug-likeness (QED) is 0.702. The van der Waals surface area contributed by atoms with Gasteiger partial charge >= 0.3 is 0 Å². The van der Waals surface area contributed by atoms with E-state index in [0.29, 0.717) is 34.8 Å². The number of furan rings is 1. The molecule has 8 nitrogen and oxygen atoms in total. The van der Waals surface area contributed by atoms with E-state index in [0.717, 1.165) is 36.4 Å². The van der Waals surface area contributed by atoms with Crippen molar-refractivity contribution in [3.8, 4) is 11.5 Å². The van der Waals surface area contributed by atoms with Crippen LogP contribution in [0.2, 0.25) is 0 Å². The van der Waals surface area contributed by atoms with E-state index in [1.807, 2.05) is 18.2 Å². The number of pyridine rings is 1. The maximum atomic E-state index is 10.8. The first kappa shape index (κ1) is 17.8. The molecule has 29 heavy (non-hydrogen) atoms. The zero-order valence-electron chi connectivity index (χ0n) is 16.0. The molecule has 148 valence electrons. The Morgan fingerprint density at radius 3 is 3.03 bits per heavy atom. The summed E-state index contributed by atoms with van der Waals surface area (Å²) in [5.74, 6) is 1.68. The number of aromatic nitrogens is 1. The van der Waals surface area contributed by atoms with E-state index in [9.17, 15) is 5.11 Å². The molecule has 0 saturated carbocycles. The number of rotatable bonds is 4. The van der Waals surface area contributed by atoms with Crippen molar-refractivity contribution in [3.05, 3.63) is 47.3 Å². The lowest BCUT2D eigenvalue weighted by atomic mass is 10.1. The average molecular weight is 391 g/mol. The van der Waals surface area contributed by atoms with Crippen LogP contribution in [0, 0.1) is 0 Å². The second-order valence-corrected chi connectivity index (χ2v) is 7.33. The highest BCUT2D eigenvalue weighted by molar-refractivity contribution is 5.94. The zero-order chi connectivity index (χ0) is 20.0. The molecule has 4 heterocycles. The number of nitrogens with zero attached hydrogens (tertiary/aromatic N) is 4. The SMILES string of the molecule is COc1ccc2c(O)c(C=C3N=Nc4ncccc43)oc2c1CN1CCC(N)C1. The van der Waals surface area contributed by atoms with Gasteiger partial charge in [-0.1, -0.05) is 0 Å². The van der Waals surface area contributed by atoms with Crippen molar-refractivity contribution in [2.24, 2.45) is 16.0 Å². The summed E-state index contributed by atoms with van der Waals surface area (Å²) in [7, 11) is 1.63. The first-order valence-electron chi connectivity index (χ1n) is 9.52. The molecular formula is C21H21N5O3. The van der Waals surface area contributed by atoms with Crippen molar-refractivity contribution in [1.29, 1.82) is 0 Å². The first-order chi connectivity index (χ1) is 14.1. The fraction of sp³-hybridized carbons (Fsp3) is 0.286. The second kappa shape index (κ2) is 6.98. The van der Waals surface area contributed by atoms with Gasteiger partial charge in [0.15, 0.2) is 17.3 Å². The molecule has 2 aliphatic heterocycles. The van der Waals surface area contributed by atoms with E-state index in [-0.39, 0.29) is 11.8 Å². The van der Waals surface area contributed by atoms with Crippen molar-refractivity contribution in [1.82, 2.24) is 9.88 Å². The summed E-state index contributed by atoms with van der Waals surface area (Å²) in [6, 6.07) is 7.56. The van der Waals surface area contributed by atoms with Crippen LogP contribution in [-0.2, 0) is 6.54 Å². The van der Waals surface area contributed by atoms with E-state index >= 15 is 0 Å². The largest absolute Gasteiger partial charge is 0.504 e. The maximum Gasteiger partial charge on any atom is 0.183 e. The predicted molar refractivity (Wildman–Crippen MR) is 109 cm³/mol. The maximum absolute atomic E-state index is 10.8. The Kier molecular flexibility index (Phi) is 4.30. The van der Waals surface area contributed by atoms with E-state index in [1.54, 1.807) is 25.4 Å². The molecule has 1 saturated heterocycles. The van der Waals surface area contributed by atoms with Gasteiger partial charge in [-0.25, -0.2) is 4.98 Å². The third-order valence-corrected chi connectivity index (χ3v) is 5.41. The van der Waals surface area contributed by atoms with Crippen LogP contribution in [-0.4, -0.2) is 41.2 Å². The first-order valence-corrected chi connectivity index (χ1v) is 9.52. The van der Waals surface area contributed by atoms with Crippen LogP contribution < -0.4 is 10.5 Å². The summed E-state index contributed by atoms with van der Waals surface area (Å²) in [5, 5.41) is 19.7. The van der Waals surface area contributed by atoms with Gasteiger partial charge in [-0.2, -0.15) is 0 Å². The van der Waals surface area contributed by atoms with E-state index in [1.165, 1.54) is 0 Å². The molecule has 1 atom stereocenters. The molecule has 2 aliphatic rings. The Balaban J connectivity index is 1.58. The number of hydrogen-bond acceptors (Lipinski definition) is 8. The standard InChI is InChI=1S/C21H21N5O3/c1-28-17-5-4-14-19(27)18(9-16-13-3-2-7-23-21(13)25-24-16)29-20(14)15(17)11-26-8-6-12(22)10-26/h2-5,7,9,12,27H,6,8,10-11,22H2,1H3. The number of likely N-dealkylation sites (tertiary alicyclic amines) is 1. The average Bonchev–Trinajstić information content (AvgIpc) is 3.42. The summed E-state index contributed by atoms with van der Waals surface area (Å²) >= 11 is 0. The molecule has 0 radical (unpaired) electrons. The smallest absolute Gasteiger partial charge is 0.183 e. The molecule has 1 aromatic carbocycles. The summed E-state index contributed by atoms with van der Waals surface area (Å²) in [6.45, 7) is 2.39. The van der Waals surface area contributed by atoms with Crippen molar-refractivity contribution >= 4 is 28.6 Å². The van der Waals surface area contributed by atoms with Gasteiger partial charge in [-0.05, 0) is 30.7 Å². The van der Waals surface area contributed by atoms with Gasteiger partial charge in [0.25, 0.3) is 0 Å². The van der Waals surface area contributed by atoms with E-state index < -0.39 is 0 Å². The number of ether oxygens (including phenoxy) is 1. The van der Waals surface area contributed by atoms with Crippen LogP contribution in [0.4, 0.5) is 5.82 Å². The molecule has 0 spiro atoms. The molecule has 8 heteroatoms. The number of methoxy groups -OCH3 is 1. The lowest BCUT2D eigenvalue weighted by molar-refractivity contribution is 0.316. The van der Waals surface area contributed by atoms with Crippen molar-refractivity contribution in [3.63, 3.8) is 0 Å². The van der Waals surface area contributed by atoms with Gasteiger partial charge in [0.05, 0.1) is 18.1 Å². The van der Waals surface area contributed by atoms with Gasteiger partial charge < -0.3 is 20.0 Å². The fourth-order valence-electron chi connectivity index (χ4n) is 3.93. The molecule has 0 bridgehead atoms. The Bertz CT molecular complexity index is 1150. The Morgan fingerprint density at radius 1 is 1.34 bits per heavy atom. The van der Waals surface area contributed by atoms with Crippen LogP contribution >= 0.6 is 0 Å². The molecule has 0 amide bonds. The Labute approximate surface area is 167 Å². The van der Waals surface area contributed by atoms with Crippen LogP contribution in [0.25, 0.3) is 22.7 Å². The molecular weight excluding hydrogens is 370 g/mol. The van der Waals surface area contributed by atoms with Crippen molar-refractivity contribution < 1.29 is 14.3 Å². The fourth-order valence-corrected chi connectivity index (χ4v) is 3.93. The minimum atomic E-state index is 0.0714. The number of azo groups is 1. The number of hydrogen-bond donors (Lipinski definition) is 2. The molecule has 1 unspecified atom stereocenters.